The van der Waals surface area contributed by atoms with Crippen molar-refractivity contribution in [2.24, 2.45) is 0 Å². The van der Waals surface area contributed by atoms with E-state index >= 15 is 0 Å². The van der Waals surface area contributed by atoms with Crippen LogP contribution in [0.1, 0.15) is 52.2 Å². The summed E-state index contributed by atoms with van der Waals surface area (Å²) in [7, 11) is 1.58. The minimum atomic E-state index is -0.180. The minimum absolute atomic E-state index is 0.0640. The van der Waals surface area contributed by atoms with E-state index in [1.807, 2.05) is 11.4 Å². The van der Waals surface area contributed by atoms with Gasteiger partial charge in [0.05, 0.1) is 4.88 Å². The molecule has 156 valence electrons. The topological polar surface area (TPSA) is 74.8 Å². The Kier molecular flexibility index (Phi) is 7.38. The number of nitrogens with two attached hydrogens (primary N) is 1. The monoisotopic (exact) mass is 422 g/mol. The summed E-state index contributed by atoms with van der Waals surface area (Å²) in [5.41, 5.74) is 3.61. The van der Waals surface area contributed by atoms with Gasteiger partial charge in [-0.25, -0.2) is 0 Å². The van der Waals surface area contributed by atoms with E-state index in [1.54, 1.807) is 42.6 Å². The van der Waals surface area contributed by atoms with Crippen LogP contribution in [0.25, 0.3) is 0 Å². The molecule has 1 atom stereocenters. The van der Waals surface area contributed by atoms with Crippen molar-refractivity contribution in [1.82, 2.24) is 5.32 Å². The molecule has 6 heteroatoms. The fourth-order valence-corrected chi connectivity index (χ4v) is 4.14. The number of quaternary nitrogens is 1. The van der Waals surface area contributed by atoms with Gasteiger partial charge in [-0.05, 0) is 41.1 Å². The summed E-state index contributed by atoms with van der Waals surface area (Å²) in [6, 6.07) is 19.8. The molecule has 1 aromatic heterocycles. The Morgan fingerprint density at radius 3 is 2.37 bits per heavy atom. The zero-order valence-electron chi connectivity index (χ0n) is 17.5. The first-order valence-electron chi connectivity index (χ1n) is 10.1. The normalized spacial score (nSPS) is 11.9. The van der Waals surface area contributed by atoms with E-state index in [1.165, 1.54) is 16.0 Å². The van der Waals surface area contributed by atoms with Crippen molar-refractivity contribution >= 4 is 28.8 Å². The molecule has 0 aliphatic rings. The van der Waals surface area contributed by atoms with Crippen LogP contribution in [0, 0.1) is 0 Å². The molecule has 0 aliphatic heterocycles. The SMILES string of the molecule is CNC(=O)c1cccc(NC(=O)C[NH2+][C@@H](c2ccc(C(C)C)cc2)c2cccs2)c1. The lowest BCUT2D eigenvalue weighted by molar-refractivity contribution is -0.675. The Balaban J connectivity index is 1.69. The number of rotatable bonds is 8. The molecule has 5 nitrogen and oxygen atoms in total. The number of nitrogens with one attached hydrogen (secondary N) is 2. The van der Waals surface area contributed by atoms with Crippen molar-refractivity contribution in [2.75, 3.05) is 18.9 Å². The molecule has 0 spiro atoms. The van der Waals surface area contributed by atoms with Crippen molar-refractivity contribution in [3.05, 3.63) is 87.6 Å². The standard InChI is InChI=1S/C24H27N3O2S/c1-16(2)17-9-11-18(12-10-17)23(21-8-5-13-30-21)26-15-22(28)27-20-7-4-6-19(14-20)24(29)25-3/h4-14,16,23,26H,15H2,1-3H3,(H,25,29)(H,27,28)/p+1/t23-/m0/s1. The van der Waals surface area contributed by atoms with Crippen molar-refractivity contribution < 1.29 is 14.9 Å². The maximum absolute atomic E-state index is 12.6. The van der Waals surface area contributed by atoms with Crippen molar-refractivity contribution in [3.63, 3.8) is 0 Å². The Morgan fingerprint density at radius 1 is 1.00 bits per heavy atom. The van der Waals surface area contributed by atoms with Gasteiger partial charge in [-0.15, -0.1) is 11.3 Å². The second-order valence-electron chi connectivity index (χ2n) is 7.46. The number of thiophene rings is 1. The maximum Gasteiger partial charge on any atom is 0.279 e. The van der Waals surface area contributed by atoms with Crippen LogP contribution in [0.15, 0.2) is 66.0 Å². The van der Waals surface area contributed by atoms with Crippen LogP contribution in [-0.4, -0.2) is 25.4 Å². The first-order valence-corrected chi connectivity index (χ1v) is 10.9. The van der Waals surface area contributed by atoms with E-state index < -0.39 is 0 Å². The number of hydrogen-bond acceptors (Lipinski definition) is 3. The summed E-state index contributed by atoms with van der Waals surface area (Å²) in [6.45, 7) is 4.64. The first-order chi connectivity index (χ1) is 14.5. The summed E-state index contributed by atoms with van der Waals surface area (Å²) in [5.74, 6) is 0.198. The third-order valence-electron chi connectivity index (χ3n) is 4.99. The predicted octanol–water partition coefficient (Wildman–Crippen LogP) is 3.52. The lowest BCUT2D eigenvalue weighted by Gasteiger charge is -2.16. The van der Waals surface area contributed by atoms with Crippen molar-refractivity contribution in [1.29, 1.82) is 0 Å². The van der Waals surface area contributed by atoms with Gasteiger partial charge in [0.2, 0.25) is 0 Å². The molecule has 2 amide bonds. The van der Waals surface area contributed by atoms with Crippen LogP contribution in [0.4, 0.5) is 5.69 Å². The number of carbonyl (C=O) groups excluding carboxylic acids is 2. The molecule has 3 aromatic rings. The van der Waals surface area contributed by atoms with E-state index in [0.29, 0.717) is 17.2 Å². The number of carbonyl (C=O) groups is 2. The first kappa shape index (κ1) is 21.7. The Labute approximate surface area is 181 Å². The van der Waals surface area contributed by atoms with Crippen LogP contribution >= 0.6 is 11.3 Å². The largest absolute Gasteiger partial charge is 0.355 e. The molecule has 3 rings (SSSR count). The average molecular weight is 423 g/mol. The van der Waals surface area contributed by atoms with Gasteiger partial charge in [0, 0.05) is 23.9 Å². The summed E-state index contributed by atoms with van der Waals surface area (Å²) >= 11 is 1.69. The summed E-state index contributed by atoms with van der Waals surface area (Å²) in [6.07, 6.45) is 0. The molecular formula is C24H28N3O2S+. The molecule has 0 bridgehead atoms. The van der Waals surface area contributed by atoms with Gasteiger partial charge in [-0.3, -0.25) is 9.59 Å². The molecule has 0 fully saturated rings. The highest BCUT2D eigenvalue weighted by Crippen LogP contribution is 2.24. The molecule has 0 radical (unpaired) electrons. The Bertz CT molecular complexity index is 982. The molecule has 4 N–H and O–H groups in total. The van der Waals surface area contributed by atoms with Gasteiger partial charge in [-0.1, -0.05) is 50.2 Å². The molecule has 30 heavy (non-hydrogen) atoms. The highest BCUT2D eigenvalue weighted by molar-refractivity contribution is 7.10. The molecule has 2 aromatic carbocycles. The Hall–Kier alpha value is -2.96. The summed E-state index contributed by atoms with van der Waals surface area (Å²) in [5, 5.41) is 9.59. The van der Waals surface area contributed by atoms with Crippen LogP contribution in [0.2, 0.25) is 0 Å². The quantitative estimate of drug-likeness (QED) is 0.520. The van der Waals surface area contributed by atoms with E-state index in [2.05, 4.69) is 60.2 Å². The second-order valence-corrected chi connectivity index (χ2v) is 8.44. The van der Waals surface area contributed by atoms with Crippen LogP contribution < -0.4 is 16.0 Å². The smallest absolute Gasteiger partial charge is 0.279 e. The van der Waals surface area contributed by atoms with Gasteiger partial charge >= 0.3 is 0 Å². The van der Waals surface area contributed by atoms with Gasteiger partial charge < -0.3 is 16.0 Å². The highest BCUT2D eigenvalue weighted by atomic mass is 32.1. The summed E-state index contributed by atoms with van der Waals surface area (Å²) in [4.78, 5) is 25.6. The number of hydrogen-bond donors (Lipinski definition) is 3. The lowest BCUT2D eigenvalue weighted by atomic mass is 9.98. The Morgan fingerprint density at radius 2 is 1.73 bits per heavy atom. The van der Waals surface area contributed by atoms with Crippen molar-refractivity contribution in [3.8, 4) is 0 Å². The van der Waals surface area contributed by atoms with E-state index in [4.69, 9.17) is 0 Å². The van der Waals surface area contributed by atoms with Crippen LogP contribution in [0.5, 0.6) is 0 Å². The maximum atomic E-state index is 12.6. The number of amides is 2. The van der Waals surface area contributed by atoms with Crippen LogP contribution in [0.3, 0.4) is 0 Å². The van der Waals surface area contributed by atoms with Gasteiger partial charge in [-0.2, -0.15) is 0 Å². The average Bonchev–Trinajstić information content (AvgIpc) is 3.28. The van der Waals surface area contributed by atoms with Crippen LogP contribution in [-0.2, 0) is 4.79 Å². The molecule has 0 aliphatic carbocycles. The fourth-order valence-electron chi connectivity index (χ4n) is 3.29. The molecule has 1 heterocycles. The molecular weight excluding hydrogens is 394 g/mol. The van der Waals surface area contributed by atoms with Gasteiger partial charge in [0.1, 0.15) is 6.04 Å². The second kappa shape index (κ2) is 10.2. The minimum Gasteiger partial charge on any atom is -0.355 e. The lowest BCUT2D eigenvalue weighted by Crippen LogP contribution is -2.87. The highest BCUT2D eigenvalue weighted by Gasteiger charge is 2.20. The molecule has 0 saturated carbocycles. The third-order valence-corrected chi connectivity index (χ3v) is 5.94. The zero-order valence-corrected chi connectivity index (χ0v) is 18.3. The number of benzene rings is 2. The van der Waals surface area contributed by atoms with Crippen molar-refractivity contribution in [2.45, 2.75) is 25.8 Å². The zero-order chi connectivity index (χ0) is 21.5. The molecule has 0 saturated heterocycles. The fraction of sp³-hybridized carbons (Fsp3) is 0.250. The van der Waals surface area contributed by atoms with Gasteiger partial charge in [0.15, 0.2) is 6.54 Å². The van der Waals surface area contributed by atoms with E-state index in [0.717, 1.165) is 0 Å². The number of anilines is 1. The molecule has 0 unspecified atom stereocenters. The predicted molar refractivity (Wildman–Crippen MR) is 122 cm³/mol. The van der Waals surface area contributed by atoms with E-state index in [-0.39, 0.29) is 24.4 Å². The third kappa shape index (κ3) is 5.55. The summed E-state index contributed by atoms with van der Waals surface area (Å²) < 4.78 is 0. The van der Waals surface area contributed by atoms with Gasteiger partial charge in [0.25, 0.3) is 11.8 Å². The van der Waals surface area contributed by atoms with E-state index in [9.17, 15) is 9.59 Å².